The Hall–Kier alpha value is -2.54. The highest BCUT2D eigenvalue weighted by Crippen LogP contribution is 2.28. The second-order valence-electron chi connectivity index (χ2n) is 7.58. The monoisotopic (exact) mass is 446 g/mol. The molecule has 7 heteroatoms. The van der Waals surface area contributed by atoms with Gasteiger partial charge >= 0.3 is 0 Å². The molecule has 0 radical (unpaired) electrons. The number of nitrogens with zero attached hydrogens (tertiary/aromatic N) is 2. The predicted octanol–water partition coefficient (Wildman–Crippen LogP) is 4.29. The molecule has 170 valence electrons. The molecule has 1 aromatic heterocycles. The van der Waals surface area contributed by atoms with Crippen molar-refractivity contribution in [2.45, 2.75) is 46.6 Å². The van der Waals surface area contributed by atoms with E-state index < -0.39 is 0 Å². The first-order valence-electron chi connectivity index (χ1n) is 10.7. The average molecular weight is 447 g/mol. The van der Waals surface area contributed by atoms with Gasteiger partial charge in [-0.05, 0) is 54.5 Å². The fourth-order valence-corrected chi connectivity index (χ4v) is 4.21. The number of unbranched alkanes of at least 4 members (excludes halogenated alkanes) is 1. The Balaban J connectivity index is 2.15. The lowest BCUT2D eigenvalue weighted by molar-refractivity contribution is -0.139. The molecular formula is C24H34N2O4S. The standard InChI is InChI=1S/C24H34N2O4S/c1-6-7-12-25(19(3)27)17-24(28)26(16-23-18(2)11-14-31-23)13-10-20-8-9-21(29-4)22(15-20)30-5/h8-9,11,14-15H,6-7,10,12-13,16-17H2,1-5H3. The van der Waals surface area contributed by atoms with Crippen molar-refractivity contribution in [3.63, 3.8) is 0 Å². The molecule has 2 amide bonds. The number of amides is 2. The van der Waals surface area contributed by atoms with E-state index in [-0.39, 0.29) is 18.4 Å². The molecule has 0 saturated carbocycles. The molecule has 0 N–H and O–H groups in total. The van der Waals surface area contributed by atoms with Crippen molar-refractivity contribution in [3.05, 3.63) is 45.6 Å². The van der Waals surface area contributed by atoms with Gasteiger partial charge in [-0.15, -0.1) is 11.3 Å². The second-order valence-corrected chi connectivity index (χ2v) is 8.58. The maximum atomic E-state index is 13.2. The van der Waals surface area contributed by atoms with E-state index in [0.717, 1.165) is 18.4 Å². The molecule has 0 atom stereocenters. The lowest BCUT2D eigenvalue weighted by atomic mass is 10.1. The number of ether oxygens (including phenoxy) is 2. The number of carbonyl (C=O) groups is 2. The Morgan fingerprint density at radius 2 is 1.77 bits per heavy atom. The first-order chi connectivity index (χ1) is 14.9. The van der Waals surface area contributed by atoms with Crippen molar-refractivity contribution in [3.8, 4) is 11.5 Å². The Bertz CT molecular complexity index is 865. The zero-order valence-corrected chi connectivity index (χ0v) is 20.1. The molecule has 2 rings (SSSR count). The van der Waals surface area contributed by atoms with Crippen LogP contribution in [0.3, 0.4) is 0 Å². The molecule has 31 heavy (non-hydrogen) atoms. The summed E-state index contributed by atoms with van der Waals surface area (Å²) in [7, 11) is 3.23. The molecule has 0 saturated heterocycles. The highest BCUT2D eigenvalue weighted by atomic mass is 32.1. The second kappa shape index (κ2) is 12.3. The van der Waals surface area contributed by atoms with Crippen LogP contribution in [0.5, 0.6) is 11.5 Å². The fourth-order valence-electron chi connectivity index (χ4n) is 3.29. The predicted molar refractivity (Wildman–Crippen MR) is 125 cm³/mol. The van der Waals surface area contributed by atoms with Crippen LogP contribution in [0.2, 0.25) is 0 Å². The summed E-state index contributed by atoms with van der Waals surface area (Å²) in [6, 6.07) is 7.89. The summed E-state index contributed by atoms with van der Waals surface area (Å²) < 4.78 is 10.7. The number of hydrogen-bond acceptors (Lipinski definition) is 5. The molecule has 0 aliphatic rings. The molecule has 1 aromatic carbocycles. The molecule has 0 spiro atoms. The van der Waals surface area contributed by atoms with Gasteiger partial charge in [-0.3, -0.25) is 9.59 Å². The van der Waals surface area contributed by atoms with Crippen molar-refractivity contribution in [2.75, 3.05) is 33.9 Å². The van der Waals surface area contributed by atoms with Crippen LogP contribution in [-0.2, 0) is 22.6 Å². The molecule has 0 aliphatic heterocycles. The lowest BCUT2D eigenvalue weighted by Crippen LogP contribution is -2.43. The van der Waals surface area contributed by atoms with Gasteiger partial charge in [0.25, 0.3) is 0 Å². The van der Waals surface area contributed by atoms with Gasteiger partial charge in [-0.25, -0.2) is 0 Å². The summed E-state index contributed by atoms with van der Waals surface area (Å²) in [5.74, 6) is 1.27. The van der Waals surface area contributed by atoms with Crippen LogP contribution in [0.4, 0.5) is 0 Å². The van der Waals surface area contributed by atoms with Crippen LogP contribution >= 0.6 is 11.3 Å². The minimum atomic E-state index is -0.0612. The smallest absolute Gasteiger partial charge is 0.242 e. The minimum Gasteiger partial charge on any atom is -0.493 e. The zero-order valence-electron chi connectivity index (χ0n) is 19.3. The van der Waals surface area contributed by atoms with Gasteiger partial charge in [0.2, 0.25) is 11.8 Å². The first-order valence-corrected chi connectivity index (χ1v) is 11.5. The number of hydrogen-bond donors (Lipinski definition) is 0. The third-order valence-electron chi connectivity index (χ3n) is 5.33. The summed E-state index contributed by atoms with van der Waals surface area (Å²) in [6.45, 7) is 7.51. The quantitative estimate of drug-likeness (QED) is 0.488. The molecule has 0 bridgehead atoms. The van der Waals surface area contributed by atoms with E-state index in [4.69, 9.17) is 9.47 Å². The van der Waals surface area contributed by atoms with Crippen LogP contribution < -0.4 is 9.47 Å². The fraction of sp³-hybridized carbons (Fsp3) is 0.500. The van der Waals surface area contributed by atoms with E-state index >= 15 is 0 Å². The molecule has 0 aliphatic carbocycles. The topological polar surface area (TPSA) is 59.1 Å². The molecule has 6 nitrogen and oxygen atoms in total. The number of methoxy groups -OCH3 is 2. The third-order valence-corrected chi connectivity index (χ3v) is 6.33. The van der Waals surface area contributed by atoms with Crippen LogP contribution in [0, 0.1) is 6.92 Å². The largest absolute Gasteiger partial charge is 0.493 e. The lowest BCUT2D eigenvalue weighted by Gasteiger charge is -2.27. The number of benzene rings is 1. The molecular weight excluding hydrogens is 412 g/mol. The summed E-state index contributed by atoms with van der Waals surface area (Å²) in [4.78, 5) is 29.9. The van der Waals surface area contributed by atoms with Gasteiger partial charge in [0, 0.05) is 24.9 Å². The molecule has 0 fully saturated rings. The van der Waals surface area contributed by atoms with Crippen LogP contribution in [0.1, 0.15) is 42.7 Å². The summed E-state index contributed by atoms with van der Waals surface area (Å²) in [5.41, 5.74) is 2.25. The maximum Gasteiger partial charge on any atom is 0.242 e. The van der Waals surface area contributed by atoms with Crippen LogP contribution in [0.15, 0.2) is 29.6 Å². The van der Waals surface area contributed by atoms with Crippen molar-refractivity contribution < 1.29 is 19.1 Å². The van der Waals surface area contributed by atoms with E-state index in [1.807, 2.05) is 28.5 Å². The van der Waals surface area contributed by atoms with E-state index in [2.05, 4.69) is 19.9 Å². The number of rotatable bonds is 12. The van der Waals surface area contributed by atoms with Crippen molar-refractivity contribution in [1.29, 1.82) is 0 Å². The van der Waals surface area contributed by atoms with Crippen LogP contribution in [0.25, 0.3) is 0 Å². The Labute approximate surface area is 189 Å². The summed E-state index contributed by atoms with van der Waals surface area (Å²) in [5, 5.41) is 2.05. The van der Waals surface area contributed by atoms with Crippen molar-refractivity contribution >= 4 is 23.2 Å². The van der Waals surface area contributed by atoms with Crippen molar-refractivity contribution in [1.82, 2.24) is 9.80 Å². The SMILES string of the molecule is CCCCN(CC(=O)N(CCc1ccc(OC)c(OC)c1)Cc1sccc1C)C(C)=O. The Morgan fingerprint density at radius 3 is 2.35 bits per heavy atom. The van der Waals surface area contributed by atoms with Gasteiger partial charge < -0.3 is 19.3 Å². The first kappa shape index (κ1) is 24.7. The third kappa shape index (κ3) is 7.28. The minimum absolute atomic E-state index is 0.0282. The maximum absolute atomic E-state index is 13.2. The average Bonchev–Trinajstić information content (AvgIpc) is 3.17. The summed E-state index contributed by atoms with van der Waals surface area (Å²) in [6.07, 6.45) is 2.56. The zero-order chi connectivity index (χ0) is 22.8. The van der Waals surface area contributed by atoms with E-state index in [1.54, 1.807) is 30.5 Å². The molecule has 2 aromatic rings. The summed E-state index contributed by atoms with van der Waals surface area (Å²) >= 11 is 1.66. The highest BCUT2D eigenvalue weighted by Gasteiger charge is 2.20. The normalized spacial score (nSPS) is 10.6. The van der Waals surface area contributed by atoms with Gasteiger partial charge in [-0.1, -0.05) is 19.4 Å². The van der Waals surface area contributed by atoms with Gasteiger partial charge in [0.05, 0.1) is 27.3 Å². The number of aryl methyl sites for hydroxylation is 1. The van der Waals surface area contributed by atoms with E-state index in [0.29, 0.717) is 37.6 Å². The Kier molecular flexibility index (Phi) is 9.85. The highest BCUT2D eigenvalue weighted by molar-refractivity contribution is 7.10. The van der Waals surface area contributed by atoms with Crippen molar-refractivity contribution in [2.24, 2.45) is 0 Å². The van der Waals surface area contributed by atoms with E-state index in [9.17, 15) is 9.59 Å². The molecule has 0 unspecified atom stereocenters. The van der Waals surface area contributed by atoms with Gasteiger partial charge in [0.15, 0.2) is 11.5 Å². The number of carbonyl (C=O) groups excluding carboxylic acids is 2. The van der Waals surface area contributed by atoms with Gasteiger partial charge in [-0.2, -0.15) is 0 Å². The Morgan fingerprint density at radius 1 is 1.03 bits per heavy atom. The number of thiophene rings is 1. The van der Waals surface area contributed by atoms with E-state index in [1.165, 1.54) is 17.4 Å². The van der Waals surface area contributed by atoms with Gasteiger partial charge in [0.1, 0.15) is 0 Å². The van der Waals surface area contributed by atoms with Crippen LogP contribution in [-0.4, -0.2) is 55.5 Å². The molecule has 1 heterocycles.